The van der Waals surface area contributed by atoms with E-state index in [0.717, 1.165) is 12.1 Å². The standard InChI is InChI=1S/C13H14N4/c1-15-9-12-5-3-7-17(12)10-11-4-2-6-16-13(11)8-14/h2-7,15H,9-10H2,1H3. The maximum atomic E-state index is 8.99. The molecule has 86 valence electrons. The molecule has 2 heterocycles. The molecule has 0 amide bonds. The fourth-order valence-electron chi connectivity index (χ4n) is 1.80. The van der Waals surface area contributed by atoms with E-state index < -0.39 is 0 Å². The van der Waals surface area contributed by atoms with Crippen molar-refractivity contribution < 1.29 is 0 Å². The predicted octanol–water partition coefficient (Wildman–Crippen LogP) is 1.52. The van der Waals surface area contributed by atoms with E-state index in [-0.39, 0.29) is 0 Å². The summed E-state index contributed by atoms with van der Waals surface area (Å²) in [6, 6.07) is 9.99. The lowest BCUT2D eigenvalue weighted by molar-refractivity contribution is 0.692. The van der Waals surface area contributed by atoms with Crippen molar-refractivity contribution >= 4 is 0 Å². The molecule has 0 saturated heterocycles. The van der Waals surface area contributed by atoms with Crippen LogP contribution in [0.2, 0.25) is 0 Å². The Bertz CT molecular complexity index is 536. The van der Waals surface area contributed by atoms with Crippen LogP contribution in [0.5, 0.6) is 0 Å². The first-order valence-electron chi connectivity index (χ1n) is 5.47. The summed E-state index contributed by atoms with van der Waals surface area (Å²) in [6.45, 7) is 1.50. The molecule has 0 radical (unpaired) electrons. The number of hydrogen-bond donors (Lipinski definition) is 1. The zero-order chi connectivity index (χ0) is 12.1. The van der Waals surface area contributed by atoms with Crippen molar-refractivity contribution in [2.45, 2.75) is 13.1 Å². The summed E-state index contributed by atoms with van der Waals surface area (Å²) in [5.41, 5.74) is 2.64. The van der Waals surface area contributed by atoms with Gasteiger partial charge in [-0.25, -0.2) is 4.98 Å². The average Bonchev–Trinajstić information content (AvgIpc) is 2.78. The normalized spacial score (nSPS) is 10.1. The highest BCUT2D eigenvalue weighted by Gasteiger charge is 2.05. The lowest BCUT2D eigenvalue weighted by Crippen LogP contribution is -2.12. The fraction of sp³-hybridized carbons (Fsp3) is 0.231. The molecule has 0 bridgehead atoms. The van der Waals surface area contributed by atoms with Gasteiger partial charge in [0, 0.05) is 30.2 Å². The molecule has 4 nitrogen and oxygen atoms in total. The maximum absolute atomic E-state index is 8.99. The molecule has 0 aliphatic carbocycles. The first-order chi connectivity index (χ1) is 8.35. The molecule has 0 aromatic carbocycles. The second kappa shape index (κ2) is 5.28. The van der Waals surface area contributed by atoms with Crippen LogP contribution >= 0.6 is 0 Å². The first-order valence-corrected chi connectivity index (χ1v) is 5.47. The van der Waals surface area contributed by atoms with E-state index in [9.17, 15) is 0 Å². The van der Waals surface area contributed by atoms with Crippen molar-refractivity contribution in [3.05, 3.63) is 53.6 Å². The van der Waals surface area contributed by atoms with Crippen LogP contribution in [-0.4, -0.2) is 16.6 Å². The summed E-state index contributed by atoms with van der Waals surface area (Å²) in [7, 11) is 1.92. The third kappa shape index (κ3) is 2.52. The average molecular weight is 226 g/mol. The SMILES string of the molecule is CNCc1cccn1Cc1cccnc1C#N. The molecule has 0 fully saturated rings. The Kier molecular flexibility index (Phi) is 3.53. The second-order valence-electron chi connectivity index (χ2n) is 3.78. The van der Waals surface area contributed by atoms with Crippen molar-refractivity contribution in [1.29, 1.82) is 5.26 Å². The Morgan fingerprint density at radius 3 is 3.06 bits per heavy atom. The van der Waals surface area contributed by atoms with Crippen molar-refractivity contribution in [1.82, 2.24) is 14.9 Å². The maximum Gasteiger partial charge on any atom is 0.145 e. The molecule has 4 heteroatoms. The van der Waals surface area contributed by atoms with Crippen LogP contribution in [0.15, 0.2) is 36.7 Å². The van der Waals surface area contributed by atoms with E-state index in [4.69, 9.17) is 5.26 Å². The summed E-state index contributed by atoms with van der Waals surface area (Å²) >= 11 is 0. The lowest BCUT2D eigenvalue weighted by Gasteiger charge is -2.09. The minimum atomic E-state index is 0.497. The molecule has 2 aromatic rings. The van der Waals surface area contributed by atoms with Crippen LogP contribution in [0.4, 0.5) is 0 Å². The van der Waals surface area contributed by atoms with Gasteiger partial charge in [0.05, 0.1) is 6.54 Å². The van der Waals surface area contributed by atoms with Crippen LogP contribution in [0.3, 0.4) is 0 Å². The van der Waals surface area contributed by atoms with Gasteiger partial charge in [-0.2, -0.15) is 5.26 Å². The third-order valence-corrected chi connectivity index (χ3v) is 2.62. The monoisotopic (exact) mass is 226 g/mol. The van der Waals surface area contributed by atoms with Crippen molar-refractivity contribution in [3.63, 3.8) is 0 Å². The molecule has 0 aliphatic heterocycles. The van der Waals surface area contributed by atoms with E-state index in [2.05, 4.69) is 27.0 Å². The Morgan fingerprint density at radius 2 is 2.29 bits per heavy atom. The zero-order valence-corrected chi connectivity index (χ0v) is 9.72. The number of nitrogens with one attached hydrogen (secondary N) is 1. The van der Waals surface area contributed by atoms with Gasteiger partial charge in [-0.15, -0.1) is 0 Å². The Labute approximate surface area is 101 Å². The number of pyridine rings is 1. The second-order valence-corrected chi connectivity index (χ2v) is 3.78. The van der Waals surface area contributed by atoms with Crippen LogP contribution in [-0.2, 0) is 13.1 Å². The van der Waals surface area contributed by atoms with Crippen LogP contribution in [0.25, 0.3) is 0 Å². The molecule has 0 unspecified atom stereocenters. The highest BCUT2D eigenvalue weighted by Crippen LogP contribution is 2.10. The minimum absolute atomic E-state index is 0.497. The molecular formula is C13H14N4. The van der Waals surface area contributed by atoms with Gasteiger partial charge in [-0.05, 0) is 25.2 Å². The number of nitrogens with zero attached hydrogens (tertiary/aromatic N) is 3. The highest BCUT2D eigenvalue weighted by molar-refractivity contribution is 5.31. The summed E-state index contributed by atoms with van der Waals surface area (Å²) in [5.74, 6) is 0. The molecule has 2 aromatic heterocycles. The van der Waals surface area contributed by atoms with Gasteiger partial charge in [0.25, 0.3) is 0 Å². The number of hydrogen-bond acceptors (Lipinski definition) is 3. The third-order valence-electron chi connectivity index (χ3n) is 2.62. The van der Waals surface area contributed by atoms with Gasteiger partial charge in [-0.1, -0.05) is 6.07 Å². The predicted molar refractivity (Wildman–Crippen MR) is 65.2 cm³/mol. The van der Waals surface area contributed by atoms with Gasteiger partial charge in [0.1, 0.15) is 11.8 Å². The number of rotatable bonds is 4. The molecule has 0 saturated carbocycles. The minimum Gasteiger partial charge on any atom is -0.346 e. The molecule has 0 aliphatic rings. The van der Waals surface area contributed by atoms with Gasteiger partial charge < -0.3 is 9.88 Å². The van der Waals surface area contributed by atoms with Crippen molar-refractivity contribution in [2.24, 2.45) is 0 Å². The first kappa shape index (κ1) is 11.4. The summed E-state index contributed by atoms with van der Waals surface area (Å²) in [4.78, 5) is 4.06. The molecule has 17 heavy (non-hydrogen) atoms. The van der Waals surface area contributed by atoms with Crippen LogP contribution < -0.4 is 5.32 Å². The Balaban J connectivity index is 2.26. The molecule has 0 spiro atoms. The molecule has 1 N–H and O–H groups in total. The highest BCUT2D eigenvalue weighted by atomic mass is 15.0. The van der Waals surface area contributed by atoms with E-state index in [0.29, 0.717) is 12.2 Å². The number of aromatic nitrogens is 2. The van der Waals surface area contributed by atoms with Gasteiger partial charge in [0.2, 0.25) is 0 Å². The van der Waals surface area contributed by atoms with Crippen molar-refractivity contribution in [3.8, 4) is 6.07 Å². The molecule has 0 atom stereocenters. The molecule has 2 rings (SSSR count). The topological polar surface area (TPSA) is 53.6 Å². The van der Waals surface area contributed by atoms with Crippen molar-refractivity contribution in [2.75, 3.05) is 7.05 Å². The quantitative estimate of drug-likeness (QED) is 0.860. The van der Waals surface area contributed by atoms with Gasteiger partial charge >= 0.3 is 0 Å². The summed E-state index contributed by atoms with van der Waals surface area (Å²) in [5, 5.41) is 12.1. The van der Waals surface area contributed by atoms with Gasteiger partial charge in [0.15, 0.2) is 0 Å². The fourth-order valence-corrected chi connectivity index (χ4v) is 1.80. The van der Waals surface area contributed by atoms with E-state index in [1.54, 1.807) is 6.20 Å². The summed E-state index contributed by atoms with van der Waals surface area (Å²) in [6.07, 6.45) is 3.66. The number of nitriles is 1. The van der Waals surface area contributed by atoms with E-state index in [1.165, 1.54) is 5.69 Å². The van der Waals surface area contributed by atoms with Crippen LogP contribution in [0, 0.1) is 11.3 Å². The van der Waals surface area contributed by atoms with Crippen LogP contribution in [0.1, 0.15) is 17.0 Å². The Morgan fingerprint density at radius 1 is 1.41 bits per heavy atom. The Hall–Kier alpha value is -2.12. The molecular weight excluding hydrogens is 212 g/mol. The summed E-state index contributed by atoms with van der Waals surface area (Å²) < 4.78 is 2.12. The lowest BCUT2D eigenvalue weighted by atomic mass is 10.2. The van der Waals surface area contributed by atoms with Gasteiger partial charge in [-0.3, -0.25) is 0 Å². The van der Waals surface area contributed by atoms with E-state index in [1.807, 2.05) is 31.4 Å². The largest absolute Gasteiger partial charge is 0.346 e. The zero-order valence-electron chi connectivity index (χ0n) is 9.72. The smallest absolute Gasteiger partial charge is 0.145 e. The van der Waals surface area contributed by atoms with E-state index >= 15 is 0 Å².